The molecule has 0 spiro atoms. The summed E-state index contributed by atoms with van der Waals surface area (Å²) in [6.45, 7) is 3.71. The maximum Gasteiger partial charge on any atom is 0.339 e. The molecule has 3 nitrogen and oxygen atoms in total. The van der Waals surface area contributed by atoms with Gasteiger partial charge in [0.1, 0.15) is 5.75 Å². The van der Waals surface area contributed by atoms with Gasteiger partial charge in [0, 0.05) is 15.4 Å². The van der Waals surface area contributed by atoms with Crippen molar-refractivity contribution < 1.29 is 14.6 Å². The van der Waals surface area contributed by atoms with Crippen molar-refractivity contribution in [2.45, 2.75) is 16.2 Å². The fourth-order valence-corrected chi connectivity index (χ4v) is 3.05. The lowest BCUT2D eigenvalue weighted by Crippen LogP contribution is -2.02. The molecule has 0 radical (unpaired) electrons. The molecule has 2 aromatic rings. The van der Waals surface area contributed by atoms with Crippen LogP contribution in [0.5, 0.6) is 5.75 Å². The molecule has 21 heavy (non-hydrogen) atoms. The Kier molecular flexibility index (Phi) is 5.06. The number of allylic oxidation sites excluding steroid dienone is 1. The summed E-state index contributed by atoms with van der Waals surface area (Å²) in [5.41, 5.74) is 1.31. The van der Waals surface area contributed by atoms with Crippen molar-refractivity contribution in [3.63, 3.8) is 0 Å². The monoisotopic (exact) mass is 300 g/mol. The minimum absolute atomic E-state index is 0.232. The van der Waals surface area contributed by atoms with Crippen LogP contribution in [0.25, 0.3) is 0 Å². The highest BCUT2D eigenvalue weighted by Gasteiger charge is 2.14. The first-order valence-corrected chi connectivity index (χ1v) is 7.26. The molecule has 0 atom stereocenters. The molecule has 0 saturated heterocycles. The number of rotatable bonds is 5. The zero-order valence-corrected chi connectivity index (χ0v) is 12.5. The number of hydrogen-bond acceptors (Lipinski definition) is 4. The highest BCUT2D eigenvalue weighted by molar-refractivity contribution is 7.99. The van der Waals surface area contributed by atoms with Crippen LogP contribution in [-0.2, 0) is 11.2 Å². The second-order valence-corrected chi connectivity index (χ2v) is 5.42. The van der Waals surface area contributed by atoms with E-state index in [1.54, 1.807) is 30.3 Å². The first-order valence-electron chi connectivity index (χ1n) is 6.44. The van der Waals surface area contributed by atoms with Crippen LogP contribution >= 0.6 is 11.8 Å². The summed E-state index contributed by atoms with van der Waals surface area (Å²) < 4.78 is 4.80. The zero-order chi connectivity index (χ0) is 15.2. The number of ether oxygens (including phenoxy) is 1. The quantitative estimate of drug-likeness (QED) is 0.668. The molecule has 1 N–H and O–H groups in total. The summed E-state index contributed by atoms with van der Waals surface area (Å²) >= 11 is 1.43. The Balaban J connectivity index is 2.41. The molecule has 0 fully saturated rings. The molecular weight excluding hydrogens is 284 g/mol. The molecular formula is C17H16O3S. The third kappa shape index (κ3) is 3.47. The molecule has 0 aromatic heterocycles. The van der Waals surface area contributed by atoms with Gasteiger partial charge in [-0.25, -0.2) is 4.79 Å². The summed E-state index contributed by atoms with van der Waals surface area (Å²) in [5, 5.41) is 9.97. The lowest BCUT2D eigenvalue weighted by molar-refractivity contribution is 0.0597. The van der Waals surface area contributed by atoms with Crippen LogP contribution in [0.4, 0.5) is 0 Å². The van der Waals surface area contributed by atoms with Crippen molar-refractivity contribution in [3.8, 4) is 5.75 Å². The number of phenolic OH excluding ortho intramolecular Hbond substituents is 1. The lowest BCUT2D eigenvalue weighted by Gasteiger charge is -2.11. The number of phenols is 1. The molecule has 0 amide bonds. The smallest absolute Gasteiger partial charge is 0.339 e. The Bertz CT molecular complexity index is 665. The van der Waals surface area contributed by atoms with Crippen LogP contribution in [0.15, 0.2) is 64.9 Å². The van der Waals surface area contributed by atoms with Crippen LogP contribution in [0.3, 0.4) is 0 Å². The van der Waals surface area contributed by atoms with Gasteiger partial charge in [-0.05, 0) is 30.7 Å². The number of carbonyl (C=O) groups is 1. The van der Waals surface area contributed by atoms with Gasteiger partial charge in [0.15, 0.2) is 0 Å². The Morgan fingerprint density at radius 2 is 1.95 bits per heavy atom. The predicted octanol–water partition coefficient (Wildman–Crippen LogP) is 4.06. The first kappa shape index (κ1) is 15.2. The molecule has 4 heteroatoms. The number of carbonyl (C=O) groups excluding carboxylic acids is 1. The molecule has 2 aromatic carbocycles. The summed E-state index contributed by atoms with van der Waals surface area (Å²) in [6, 6.07) is 12.6. The van der Waals surface area contributed by atoms with Crippen molar-refractivity contribution in [2.75, 3.05) is 7.11 Å². The van der Waals surface area contributed by atoms with Crippen LogP contribution in [0, 0.1) is 0 Å². The van der Waals surface area contributed by atoms with E-state index < -0.39 is 0 Å². The van der Waals surface area contributed by atoms with E-state index in [0.717, 1.165) is 15.4 Å². The maximum atomic E-state index is 11.8. The first-order chi connectivity index (χ1) is 10.2. The van der Waals surface area contributed by atoms with Gasteiger partial charge in [-0.15, -0.1) is 6.58 Å². The van der Waals surface area contributed by atoms with Gasteiger partial charge in [-0.3, -0.25) is 0 Å². The molecule has 0 saturated carbocycles. The molecule has 108 valence electrons. The Morgan fingerprint density at radius 1 is 1.24 bits per heavy atom. The molecule has 0 heterocycles. The number of hydrogen-bond donors (Lipinski definition) is 1. The van der Waals surface area contributed by atoms with Gasteiger partial charge < -0.3 is 9.84 Å². The second kappa shape index (κ2) is 6.99. The second-order valence-electron chi connectivity index (χ2n) is 4.34. The van der Waals surface area contributed by atoms with Gasteiger partial charge in [0.05, 0.1) is 12.7 Å². The van der Waals surface area contributed by atoms with E-state index in [2.05, 4.69) is 6.58 Å². The van der Waals surface area contributed by atoms with Gasteiger partial charge in [-0.1, -0.05) is 36.0 Å². The summed E-state index contributed by atoms with van der Waals surface area (Å²) in [4.78, 5) is 13.5. The summed E-state index contributed by atoms with van der Waals surface area (Å²) in [5.74, 6) is -0.140. The van der Waals surface area contributed by atoms with Crippen LogP contribution in [0.1, 0.15) is 15.9 Å². The average molecular weight is 300 g/mol. The molecule has 0 aliphatic carbocycles. The van der Waals surface area contributed by atoms with E-state index >= 15 is 0 Å². The van der Waals surface area contributed by atoms with Crippen molar-refractivity contribution in [1.29, 1.82) is 0 Å². The minimum atomic E-state index is -0.372. The Hall–Kier alpha value is -2.20. The normalized spacial score (nSPS) is 10.1. The van der Waals surface area contributed by atoms with E-state index in [4.69, 9.17) is 4.74 Å². The highest BCUT2D eigenvalue weighted by atomic mass is 32.2. The van der Waals surface area contributed by atoms with Crippen molar-refractivity contribution >= 4 is 17.7 Å². The van der Waals surface area contributed by atoms with Crippen molar-refractivity contribution in [1.82, 2.24) is 0 Å². The van der Waals surface area contributed by atoms with Crippen LogP contribution in [-0.4, -0.2) is 18.2 Å². The molecule has 2 rings (SSSR count). The maximum absolute atomic E-state index is 11.8. The zero-order valence-electron chi connectivity index (χ0n) is 11.7. The number of methoxy groups -OCH3 is 1. The standard InChI is InChI=1S/C17H16O3S/c1-3-7-12-14(18)9-6-11-15(12)21-16-10-5-4-8-13(16)17(19)20-2/h3-6,8-11,18H,1,7H2,2H3. The summed E-state index contributed by atoms with van der Waals surface area (Å²) in [6.07, 6.45) is 2.31. The summed E-state index contributed by atoms with van der Waals surface area (Å²) in [7, 11) is 1.36. The third-order valence-electron chi connectivity index (χ3n) is 2.97. The average Bonchev–Trinajstić information content (AvgIpc) is 2.50. The van der Waals surface area contributed by atoms with E-state index in [9.17, 15) is 9.90 Å². The highest BCUT2D eigenvalue weighted by Crippen LogP contribution is 2.36. The van der Waals surface area contributed by atoms with E-state index in [1.165, 1.54) is 18.9 Å². The topological polar surface area (TPSA) is 46.5 Å². The number of esters is 1. The van der Waals surface area contributed by atoms with E-state index in [-0.39, 0.29) is 11.7 Å². The van der Waals surface area contributed by atoms with E-state index in [1.807, 2.05) is 18.2 Å². The van der Waals surface area contributed by atoms with Gasteiger partial charge >= 0.3 is 5.97 Å². The predicted molar refractivity (Wildman–Crippen MR) is 83.9 cm³/mol. The third-order valence-corrected chi connectivity index (χ3v) is 4.15. The van der Waals surface area contributed by atoms with Crippen LogP contribution in [0.2, 0.25) is 0 Å². The van der Waals surface area contributed by atoms with Crippen molar-refractivity contribution in [2.24, 2.45) is 0 Å². The van der Waals surface area contributed by atoms with Crippen molar-refractivity contribution in [3.05, 3.63) is 66.2 Å². The number of benzene rings is 2. The Labute approximate surface area is 128 Å². The fourth-order valence-electron chi connectivity index (χ4n) is 1.95. The largest absolute Gasteiger partial charge is 0.508 e. The molecule has 0 unspecified atom stereocenters. The van der Waals surface area contributed by atoms with E-state index in [0.29, 0.717) is 12.0 Å². The van der Waals surface area contributed by atoms with Gasteiger partial charge in [0.25, 0.3) is 0 Å². The number of aromatic hydroxyl groups is 1. The fraction of sp³-hybridized carbons (Fsp3) is 0.118. The van der Waals surface area contributed by atoms with Gasteiger partial charge in [0.2, 0.25) is 0 Å². The van der Waals surface area contributed by atoms with Gasteiger partial charge in [-0.2, -0.15) is 0 Å². The molecule has 0 aliphatic heterocycles. The molecule has 0 aliphatic rings. The Morgan fingerprint density at radius 3 is 2.67 bits per heavy atom. The minimum Gasteiger partial charge on any atom is -0.508 e. The molecule has 0 bridgehead atoms. The lowest BCUT2D eigenvalue weighted by atomic mass is 10.1. The van der Waals surface area contributed by atoms with Crippen LogP contribution < -0.4 is 0 Å². The SMILES string of the molecule is C=CCc1c(O)cccc1Sc1ccccc1C(=O)OC.